The molecule has 0 N–H and O–H groups in total. The number of ether oxygens (including phenoxy) is 1. The van der Waals surface area contributed by atoms with Gasteiger partial charge in [-0.05, 0) is 31.2 Å². The average molecular weight is 365 g/mol. The van der Waals surface area contributed by atoms with Gasteiger partial charge < -0.3 is 9.64 Å². The van der Waals surface area contributed by atoms with Crippen LogP contribution in [0.15, 0.2) is 33.9 Å². The molecule has 1 aromatic carbocycles. The molecule has 0 unspecified atom stereocenters. The number of halogens is 1. The number of rotatable bonds is 3. The summed E-state index contributed by atoms with van der Waals surface area (Å²) >= 11 is 5.87. The Morgan fingerprint density at radius 3 is 2.44 bits per heavy atom. The monoisotopic (exact) mass is 364 g/mol. The molecule has 9 heteroatoms. The number of nitrogens with zero attached hydrogens (tertiary/aromatic N) is 4. The third-order valence-corrected chi connectivity index (χ3v) is 4.20. The van der Waals surface area contributed by atoms with Crippen LogP contribution < -0.4 is 11.2 Å². The zero-order valence-corrected chi connectivity index (χ0v) is 14.4. The number of aromatic nitrogens is 3. The van der Waals surface area contributed by atoms with Gasteiger partial charge in [0.2, 0.25) is 5.69 Å². The summed E-state index contributed by atoms with van der Waals surface area (Å²) < 4.78 is 7.26. The highest BCUT2D eigenvalue weighted by molar-refractivity contribution is 6.30. The first-order chi connectivity index (χ1) is 12.0. The van der Waals surface area contributed by atoms with E-state index in [1.54, 1.807) is 31.2 Å². The van der Waals surface area contributed by atoms with Gasteiger partial charge in [0, 0.05) is 24.7 Å². The van der Waals surface area contributed by atoms with Gasteiger partial charge in [-0.15, -0.1) is 0 Å². The molecule has 0 bridgehead atoms. The third kappa shape index (κ3) is 3.35. The average Bonchev–Trinajstić information content (AvgIpc) is 2.63. The molecular weight excluding hydrogens is 348 g/mol. The third-order valence-electron chi connectivity index (χ3n) is 3.95. The summed E-state index contributed by atoms with van der Waals surface area (Å²) in [6.07, 6.45) is 0. The van der Waals surface area contributed by atoms with E-state index in [1.165, 1.54) is 4.90 Å². The van der Waals surface area contributed by atoms with Gasteiger partial charge in [-0.2, -0.15) is 9.78 Å². The Balaban J connectivity index is 2.14. The van der Waals surface area contributed by atoms with Crippen molar-refractivity contribution >= 4 is 17.5 Å². The Morgan fingerprint density at radius 2 is 1.84 bits per heavy atom. The molecule has 0 radical (unpaired) electrons. The largest absolute Gasteiger partial charge is 0.378 e. The van der Waals surface area contributed by atoms with Crippen LogP contribution in [0.1, 0.15) is 17.4 Å². The van der Waals surface area contributed by atoms with Crippen LogP contribution in [0.2, 0.25) is 5.02 Å². The lowest BCUT2D eigenvalue weighted by Gasteiger charge is -2.26. The molecule has 0 atom stereocenters. The fourth-order valence-corrected chi connectivity index (χ4v) is 2.72. The smallest absolute Gasteiger partial charge is 0.352 e. The highest BCUT2D eigenvalue weighted by atomic mass is 35.5. The first-order valence-corrected chi connectivity index (χ1v) is 8.28. The maximum absolute atomic E-state index is 12.7. The molecule has 1 aliphatic rings. The van der Waals surface area contributed by atoms with Crippen molar-refractivity contribution in [2.75, 3.05) is 26.3 Å². The summed E-state index contributed by atoms with van der Waals surface area (Å²) in [6, 6.07) is 6.42. The lowest BCUT2D eigenvalue weighted by atomic mass is 10.3. The Morgan fingerprint density at radius 1 is 1.20 bits per heavy atom. The number of carbonyl (C=O) groups excluding carboxylic acids is 1. The number of carbonyl (C=O) groups is 1. The van der Waals surface area contributed by atoms with Crippen molar-refractivity contribution < 1.29 is 9.53 Å². The van der Waals surface area contributed by atoms with E-state index in [4.69, 9.17) is 16.3 Å². The van der Waals surface area contributed by atoms with E-state index in [1.807, 2.05) is 0 Å². The molecule has 2 heterocycles. The van der Waals surface area contributed by atoms with Crippen LogP contribution in [0.3, 0.4) is 0 Å². The normalized spacial score (nSPS) is 14.6. The SMILES string of the molecule is CCn1c(=O)c(C(=O)N2CCOCC2)nn(-c2ccc(Cl)cc2)c1=O. The number of morpholine rings is 1. The molecule has 8 nitrogen and oxygen atoms in total. The van der Waals surface area contributed by atoms with Gasteiger partial charge in [0.25, 0.3) is 11.5 Å². The Kier molecular flexibility index (Phi) is 5.00. The maximum atomic E-state index is 12.7. The molecule has 25 heavy (non-hydrogen) atoms. The minimum Gasteiger partial charge on any atom is -0.378 e. The van der Waals surface area contributed by atoms with Crippen molar-refractivity contribution in [2.24, 2.45) is 0 Å². The van der Waals surface area contributed by atoms with Crippen LogP contribution in [-0.4, -0.2) is 51.5 Å². The van der Waals surface area contributed by atoms with Gasteiger partial charge in [0.05, 0.1) is 18.9 Å². The molecule has 1 aliphatic heterocycles. The minimum atomic E-state index is -0.686. The molecule has 1 saturated heterocycles. The first-order valence-electron chi connectivity index (χ1n) is 7.90. The van der Waals surface area contributed by atoms with Crippen molar-refractivity contribution in [2.45, 2.75) is 13.5 Å². The lowest BCUT2D eigenvalue weighted by molar-refractivity contribution is 0.0295. The Hall–Kier alpha value is -2.45. The quantitative estimate of drug-likeness (QED) is 0.793. The van der Waals surface area contributed by atoms with E-state index in [9.17, 15) is 14.4 Å². The van der Waals surface area contributed by atoms with Crippen LogP contribution in [0.5, 0.6) is 0 Å². The van der Waals surface area contributed by atoms with Gasteiger partial charge in [0.15, 0.2) is 0 Å². The molecule has 0 spiro atoms. The summed E-state index contributed by atoms with van der Waals surface area (Å²) in [4.78, 5) is 39.3. The van der Waals surface area contributed by atoms with Crippen molar-refractivity contribution in [1.29, 1.82) is 0 Å². The summed E-state index contributed by atoms with van der Waals surface area (Å²) in [5, 5.41) is 4.56. The molecule has 3 rings (SSSR count). The minimum absolute atomic E-state index is 0.136. The van der Waals surface area contributed by atoms with Crippen molar-refractivity contribution in [3.63, 3.8) is 0 Å². The summed E-state index contributed by atoms with van der Waals surface area (Å²) in [6.45, 7) is 3.38. The Labute approximate surface area is 148 Å². The first kappa shape index (κ1) is 17.4. The van der Waals surface area contributed by atoms with Crippen molar-refractivity contribution in [3.8, 4) is 5.69 Å². The summed E-state index contributed by atoms with van der Waals surface area (Å²) in [5.41, 5.74) is -1.14. The number of amides is 1. The standard InChI is InChI=1S/C16H17ClN4O4/c1-2-20-15(23)13(14(22)19-7-9-25-10-8-19)18-21(16(20)24)12-5-3-11(17)4-6-12/h3-6H,2,7-10H2,1H3. The number of hydrogen-bond acceptors (Lipinski definition) is 5. The second-order valence-corrected chi connectivity index (χ2v) is 5.91. The van der Waals surface area contributed by atoms with Gasteiger partial charge in [-0.3, -0.25) is 14.2 Å². The van der Waals surface area contributed by atoms with E-state index in [2.05, 4.69) is 5.10 Å². The maximum Gasteiger partial charge on any atom is 0.352 e. The van der Waals surface area contributed by atoms with E-state index in [0.717, 1.165) is 9.25 Å². The second kappa shape index (κ2) is 7.20. The van der Waals surface area contributed by atoms with Gasteiger partial charge in [-0.25, -0.2) is 4.79 Å². The van der Waals surface area contributed by atoms with Crippen LogP contribution in [0.25, 0.3) is 5.69 Å². The molecule has 1 aromatic heterocycles. The van der Waals surface area contributed by atoms with Gasteiger partial charge in [-0.1, -0.05) is 11.6 Å². The van der Waals surface area contributed by atoms with Gasteiger partial charge in [0.1, 0.15) is 0 Å². The predicted molar refractivity (Wildman–Crippen MR) is 91.5 cm³/mol. The van der Waals surface area contributed by atoms with E-state index in [0.29, 0.717) is 37.0 Å². The molecule has 1 amide bonds. The van der Waals surface area contributed by atoms with Crippen LogP contribution >= 0.6 is 11.6 Å². The molecule has 1 fully saturated rings. The fourth-order valence-electron chi connectivity index (χ4n) is 2.59. The number of benzene rings is 1. The molecule has 132 valence electrons. The van der Waals surface area contributed by atoms with E-state index in [-0.39, 0.29) is 12.2 Å². The highest BCUT2D eigenvalue weighted by Gasteiger charge is 2.25. The zero-order chi connectivity index (χ0) is 18.0. The second-order valence-electron chi connectivity index (χ2n) is 5.47. The van der Waals surface area contributed by atoms with E-state index < -0.39 is 17.2 Å². The highest BCUT2D eigenvalue weighted by Crippen LogP contribution is 2.11. The van der Waals surface area contributed by atoms with Crippen molar-refractivity contribution in [3.05, 3.63) is 55.8 Å². The lowest BCUT2D eigenvalue weighted by Crippen LogP contribution is -2.48. The topological polar surface area (TPSA) is 86.4 Å². The Bertz CT molecular complexity index is 898. The van der Waals surface area contributed by atoms with Crippen LogP contribution in [0.4, 0.5) is 0 Å². The zero-order valence-electron chi connectivity index (χ0n) is 13.6. The molecular formula is C16H17ClN4O4. The van der Waals surface area contributed by atoms with E-state index >= 15 is 0 Å². The summed E-state index contributed by atoms with van der Waals surface area (Å²) in [7, 11) is 0. The van der Waals surface area contributed by atoms with Crippen molar-refractivity contribution in [1.82, 2.24) is 19.2 Å². The van der Waals surface area contributed by atoms with Gasteiger partial charge >= 0.3 is 5.69 Å². The van der Waals surface area contributed by atoms with Crippen LogP contribution in [-0.2, 0) is 11.3 Å². The predicted octanol–water partition coefficient (Wildman–Crippen LogP) is 0.540. The fraction of sp³-hybridized carbons (Fsp3) is 0.375. The summed E-state index contributed by atoms with van der Waals surface area (Å²) in [5.74, 6) is -0.502. The number of hydrogen-bond donors (Lipinski definition) is 0. The molecule has 0 saturated carbocycles. The molecule has 0 aliphatic carbocycles. The van der Waals surface area contributed by atoms with Crippen LogP contribution in [0, 0.1) is 0 Å². The molecule has 2 aromatic rings.